The maximum atomic E-state index is 4.90. The van der Waals surface area contributed by atoms with Crippen LogP contribution in [0.25, 0.3) is 0 Å². The Balaban J connectivity index is 0.00000300. The Hall–Kier alpha value is -1.64. The summed E-state index contributed by atoms with van der Waals surface area (Å²) in [5.41, 5.74) is 1.46. The summed E-state index contributed by atoms with van der Waals surface area (Å²) in [5.74, 6) is 2.95. The number of aromatic nitrogens is 3. The number of guanidine groups is 1. The van der Waals surface area contributed by atoms with Gasteiger partial charge in [-0.3, -0.25) is 4.99 Å². The molecule has 0 saturated heterocycles. The maximum absolute atomic E-state index is 4.90. The molecule has 0 spiro atoms. The van der Waals surface area contributed by atoms with Gasteiger partial charge >= 0.3 is 0 Å². The van der Waals surface area contributed by atoms with Crippen LogP contribution in [0.3, 0.4) is 0 Å². The average Bonchev–Trinajstić information content (AvgIpc) is 3.09. The number of benzene rings is 1. The molecule has 3 rings (SSSR count). The summed E-state index contributed by atoms with van der Waals surface area (Å²) in [7, 11) is 0. The quantitative estimate of drug-likeness (QED) is 0.340. The second-order valence-corrected chi connectivity index (χ2v) is 8.38. The number of aryl methyl sites for hydroxylation is 2. The number of hydrogen-bond donors (Lipinski definition) is 2. The van der Waals surface area contributed by atoms with Crippen molar-refractivity contribution in [1.29, 1.82) is 0 Å². The largest absolute Gasteiger partial charge is 0.357 e. The molecule has 1 aliphatic rings. The Bertz CT molecular complexity index is 784. The third-order valence-corrected chi connectivity index (χ3v) is 5.09. The molecule has 0 fully saturated rings. The van der Waals surface area contributed by atoms with E-state index in [-0.39, 0.29) is 29.4 Å². The van der Waals surface area contributed by atoms with Crippen LogP contribution in [0.1, 0.15) is 51.3 Å². The van der Waals surface area contributed by atoms with Gasteiger partial charge < -0.3 is 10.6 Å². The molecule has 0 radical (unpaired) electrons. The Morgan fingerprint density at radius 2 is 2.00 bits per heavy atom. The van der Waals surface area contributed by atoms with Gasteiger partial charge in [-0.25, -0.2) is 9.67 Å². The predicted octanol–water partition coefficient (Wildman–Crippen LogP) is 3.60. The fraction of sp³-hybridized carbons (Fsp3) is 0.591. The van der Waals surface area contributed by atoms with Crippen LogP contribution in [0.2, 0.25) is 0 Å². The summed E-state index contributed by atoms with van der Waals surface area (Å²) in [6, 6.07) is 11.0. The van der Waals surface area contributed by atoms with Crippen molar-refractivity contribution in [3.8, 4) is 0 Å². The van der Waals surface area contributed by atoms with Gasteiger partial charge in [0.1, 0.15) is 5.82 Å². The highest BCUT2D eigenvalue weighted by Gasteiger charge is 2.23. The van der Waals surface area contributed by atoms with Crippen molar-refractivity contribution in [2.45, 2.75) is 66.0 Å². The highest BCUT2D eigenvalue weighted by molar-refractivity contribution is 14.0. The summed E-state index contributed by atoms with van der Waals surface area (Å²) < 4.78 is 2.06. The van der Waals surface area contributed by atoms with Gasteiger partial charge in [0.2, 0.25) is 0 Å². The number of hydrogen-bond acceptors (Lipinski definition) is 3. The highest BCUT2D eigenvalue weighted by atomic mass is 127. The van der Waals surface area contributed by atoms with Gasteiger partial charge in [0.25, 0.3) is 0 Å². The van der Waals surface area contributed by atoms with Gasteiger partial charge in [-0.1, -0.05) is 51.1 Å². The maximum Gasteiger partial charge on any atom is 0.191 e. The number of aliphatic imine (C=N–C) groups is 1. The number of nitrogens with one attached hydrogen (secondary N) is 2. The minimum atomic E-state index is 0. The van der Waals surface area contributed by atoms with E-state index in [2.05, 4.69) is 83.4 Å². The average molecular weight is 510 g/mol. The molecule has 1 unspecified atom stereocenters. The van der Waals surface area contributed by atoms with Gasteiger partial charge in [-0.2, -0.15) is 5.10 Å². The summed E-state index contributed by atoms with van der Waals surface area (Å²) in [6.45, 7) is 11.2. The van der Waals surface area contributed by atoms with Gasteiger partial charge in [-0.05, 0) is 30.7 Å². The molecule has 1 aromatic carbocycles. The van der Waals surface area contributed by atoms with E-state index in [0.29, 0.717) is 6.04 Å². The van der Waals surface area contributed by atoms with Crippen molar-refractivity contribution in [2.75, 3.05) is 13.1 Å². The van der Waals surface area contributed by atoms with Crippen LogP contribution in [-0.2, 0) is 25.8 Å². The lowest BCUT2D eigenvalue weighted by atomic mass is 9.86. The zero-order valence-electron chi connectivity index (χ0n) is 18.1. The Morgan fingerprint density at radius 1 is 1.24 bits per heavy atom. The van der Waals surface area contributed by atoms with Gasteiger partial charge in [0.15, 0.2) is 11.8 Å². The summed E-state index contributed by atoms with van der Waals surface area (Å²) in [5, 5.41) is 11.6. The number of fused-ring (bicyclic) bond motifs is 1. The molecule has 1 aromatic heterocycles. The molecule has 2 heterocycles. The molecule has 0 bridgehead atoms. The van der Waals surface area contributed by atoms with Crippen molar-refractivity contribution in [1.82, 2.24) is 25.4 Å². The van der Waals surface area contributed by atoms with Crippen molar-refractivity contribution in [3.05, 3.63) is 47.5 Å². The van der Waals surface area contributed by atoms with E-state index in [1.54, 1.807) is 0 Å². The standard InChI is InChI=1S/C22H34N6.HI/c1-5-19-26-20-13-12-18(15-28(20)27-19)25-21(23-6-2)24-16-22(3,4)14-17-10-8-7-9-11-17;/h7-11,18H,5-6,12-16H2,1-4H3,(H2,23,24,25);1H. The lowest BCUT2D eigenvalue weighted by Crippen LogP contribution is -2.47. The Kier molecular flexibility index (Phi) is 8.92. The number of halogens is 1. The van der Waals surface area contributed by atoms with Gasteiger partial charge in [-0.15, -0.1) is 24.0 Å². The van der Waals surface area contributed by atoms with Crippen molar-refractivity contribution in [3.63, 3.8) is 0 Å². The van der Waals surface area contributed by atoms with E-state index in [1.165, 1.54) is 5.56 Å². The van der Waals surface area contributed by atoms with E-state index in [1.807, 2.05) is 0 Å². The van der Waals surface area contributed by atoms with Crippen molar-refractivity contribution in [2.24, 2.45) is 10.4 Å². The molecule has 6 nitrogen and oxygen atoms in total. The summed E-state index contributed by atoms with van der Waals surface area (Å²) >= 11 is 0. The third kappa shape index (κ3) is 6.97. The minimum Gasteiger partial charge on any atom is -0.357 e. The molecule has 0 aliphatic carbocycles. The molecule has 160 valence electrons. The lowest BCUT2D eigenvalue weighted by molar-refractivity contribution is 0.371. The number of nitrogens with zero attached hydrogens (tertiary/aromatic N) is 4. The molecule has 1 aliphatic heterocycles. The second kappa shape index (κ2) is 10.9. The molecule has 0 amide bonds. The van der Waals surface area contributed by atoms with Crippen LogP contribution >= 0.6 is 24.0 Å². The zero-order valence-corrected chi connectivity index (χ0v) is 20.4. The van der Waals surface area contributed by atoms with Crippen molar-refractivity contribution < 1.29 is 0 Å². The van der Waals surface area contributed by atoms with Crippen LogP contribution in [0.5, 0.6) is 0 Å². The van der Waals surface area contributed by atoms with Crippen molar-refractivity contribution >= 4 is 29.9 Å². The Morgan fingerprint density at radius 3 is 2.69 bits per heavy atom. The molecule has 1 atom stereocenters. The van der Waals surface area contributed by atoms with Crippen LogP contribution in [0.4, 0.5) is 0 Å². The third-order valence-electron chi connectivity index (χ3n) is 5.09. The van der Waals surface area contributed by atoms with Crippen LogP contribution in [0, 0.1) is 5.41 Å². The van der Waals surface area contributed by atoms with Gasteiger partial charge in [0.05, 0.1) is 6.54 Å². The SMILES string of the molecule is CCNC(=NCC(C)(C)Cc1ccccc1)NC1CCc2nc(CC)nn2C1.I. The predicted molar refractivity (Wildman–Crippen MR) is 130 cm³/mol. The highest BCUT2D eigenvalue weighted by Crippen LogP contribution is 2.22. The molecule has 2 N–H and O–H groups in total. The Labute approximate surface area is 192 Å². The first-order chi connectivity index (χ1) is 13.5. The first-order valence-electron chi connectivity index (χ1n) is 10.5. The molecule has 2 aromatic rings. The number of rotatable bonds is 7. The van der Waals surface area contributed by atoms with E-state index >= 15 is 0 Å². The van der Waals surface area contributed by atoms with E-state index < -0.39 is 0 Å². The molecular formula is C22H35IN6. The summed E-state index contributed by atoms with van der Waals surface area (Å²) in [4.78, 5) is 9.51. The molecule has 7 heteroatoms. The smallest absolute Gasteiger partial charge is 0.191 e. The lowest BCUT2D eigenvalue weighted by Gasteiger charge is -2.27. The van der Waals surface area contributed by atoms with E-state index in [4.69, 9.17) is 4.99 Å². The fourth-order valence-electron chi connectivity index (χ4n) is 3.64. The normalized spacial score (nSPS) is 16.7. The van der Waals surface area contributed by atoms with Crippen LogP contribution in [0.15, 0.2) is 35.3 Å². The topological polar surface area (TPSA) is 67.1 Å². The van der Waals surface area contributed by atoms with E-state index in [9.17, 15) is 0 Å². The zero-order chi connectivity index (χ0) is 20.0. The molecule has 0 saturated carbocycles. The monoisotopic (exact) mass is 510 g/mol. The van der Waals surface area contributed by atoms with Crippen LogP contribution in [-0.4, -0.2) is 39.9 Å². The van der Waals surface area contributed by atoms with Gasteiger partial charge in [0, 0.05) is 32.0 Å². The first kappa shape index (κ1) is 23.6. The second-order valence-electron chi connectivity index (χ2n) is 8.38. The van der Waals surface area contributed by atoms with E-state index in [0.717, 1.165) is 62.9 Å². The molecular weight excluding hydrogens is 475 g/mol. The first-order valence-corrected chi connectivity index (χ1v) is 10.5. The van der Waals surface area contributed by atoms with Crippen LogP contribution < -0.4 is 10.6 Å². The fourth-order valence-corrected chi connectivity index (χ4v) is 3.64. The summed E-state index contributed by atoms with van der Waals surface area (Å²) in [6.07, 6.45) is 3.92. The minimum absolute atomic E-state index is 0. The molecule has 29 heavy (non-hydrogen) atoms.